The van der Waals surface area contributed by atoms with Gasteiger partial charge in [0, 0.05) is 26.9 Å². The molecule has 1 atom stereocenters. The van der Waals surface area contributed by atoms with Gasteiger partial charge in [0.05, 0.1) is 5.60 Å². The Morgan fingerprint density at radius 1 is 1.29 bits per heavy atom. The molecule has 3 heteroatoms. The second-order valence-corrected chi connectivity index (χ2v) is 4.29. The third-order valence-electron chi connectivity index (χ3n) is 2.60. The summed E-state index contributed by atoms with van der Waals surface area (Å²) < 4.78 is 10.4. The van der Waals surface area contributed by atoms with E-state index in [0.29, 0.717) is 6.04 Å². The third kappa shape index (κ3) is 6.35. The van der Waals surface area contributed by atoms with Crippen LogP contribution in [0.2, 0.25) is 0 Å². The molecule has 0 aliphatic heterocycles. The van der Waals surface area contributed by atoms with E-state index in [0.717, 1.165) is 25.9 Å². The lowest BCUT2D eigenvalue weighted by Gasteiger charge is -2.28. The Labute approximate surface area is 88.2 Å². The Balaban J connectivity index is 3.78. The second kappa shape index (κ2) is 7.21. The van der Waals surface area contributed by atoms with Crippen LogP contribution in [0.15, 0.2) is 0 Å². The molecule has 3 nitrogen and oxygen atoms in total. The van der Waals surface area contributed by atoms with E-state index in [1.807, 2.05) is 7.05 Å². The van der Waals surface area contributed by atoms with Gasteiger partial charge in [0.15, 0.2) is 0 Å². The lowest BCUT2D eigenvalue weighted by Crippen LogP contribution is -2.35. The normalized spacial score (nSPS) is 14.4. The molecule has 0 aliphatic rings. The summed E-state index contributed by atoms with van der Waals surface area (Å²) in [6, 6.07) is 0.514. The molecule has 0 saturated heterocycles. The largest absolute Gasteiger partial charge is 0.385 e. The lowest BCUT2D eigenvalue weighted by atomic mass is 9.96. The van der Waals surface area contributed by atoms with Crippen molar-refractivity contribution >= 4 is 0 Å². The van der Waals surface area contributed by atoms with Gasteiger partial charge in [-0.05, 0) is 40.2 Å². The fourth-order valence-corrected chi connectivity index (χ4v) is 1.50. The van der Waals surface area contributed by atoms with Crippen molar-refractivity contribution in [1.29, 1.82) is 0 Å². The summed E-state index contributed by atoms with van der Waals surface area (Å²) in [6.07, 6.45) is 3.27. The SMILES string of the molecule is CNC(CCCOC)CC(C)(C)OC. The molecule has 0 radical (unpaired) electrons. The van der Waals surface area contributed by atoms with Gasteiger partial charge in [0.2, 0.25) is 0 Å². The summed E-state index contributed by atoms with van der Waals surface area (Å²) >= 11 is 0. The molecule has 0 heterocycles. The molecule has 0 amide bonds. The van der Waals surface area contributed by atoms with Gasteiger partial charge in [-0.25, -0.2) is 0 Å². The van der Waals surface area contributed by atoms with E-state index in [1.54, 1.807) is 14.2 Å². The number of hydrogen-bond donors (Lipinski definition) is 1. The Morgan fingerprint density at radius 3 is 2.36 bits per heavy atom. The van der Waals surface area contributed by atoms with Crippen molar-refractivity contribution in [2.75, 3.05) is 27.9 Å². The first-order valence-corrected chi connectivity index (χ1v) is 5.27. The monoisotopic (exact) mass is 203 g/mol. The van der Waals surface area contributed by atoms with Crippen LogP contribution in [0.1, 0.15) is 33.1 Å². The van der Waals surface area contributed by atoms with E-state index in [-0.39, 0.29) is 5.60 Å². The van der Waals surface area contributed by atoms with Gasteiger partial charge in [-0.3, -0.25) is 0 Å². The molecule has 1 unspecified atom stereocenters. The van der Waals surface area contributed by atoms with Gasteiger partial charge in [-0.2, -0.15) is 0 Å². The van der Waals surface area contributed by atoms with Crippen molar-refractivity contribution in [1.82, 2.24) is 5.32 Å². The minimum atomic E-state index is -0.0409. The average molecular weight is 203 g/mol. The van der Waals surface area contributed by atoms with Crippen LogP contribution in [0.25, 0.3) is 0 Å². The van der Waals surface area contributed by atoms with Gasteiger partial charge >= 0.3 is 0 Å². The zero-order chi connectivity index (χ0) is 11.0. The summed E-state index contributed by atoms with van der Waals surface area (Å²) in [5.41, 5.74) is -0.0409. The predicted molar refractivity (Wildman–Crippen MR) is 59.7 cm³/mol. The van der Waals surface area contributed by atoms with Crippen molar-refractivity contribution in [3.63, 3.8) is 0 Å². The van der Waals surface area contributed by atoms with Crippen molar-refractivity contribution in [2.24, 2.45) is 0 Å². The highest BCUT2D eigenvalue weighted by molar-refractivity contribution is 4.77. The van der Waals surface area contributed by atoms with Gasteiger partial charge in [-0.15, -0.1) is 0 Å². The number of rotatable bonds is 8. The zero-order valence-electron chi connectivity index (χ0n) is 10.2. The standard InChI is InChI=1S/C11H25NO2/c1-11(2,14-5)9-10(12-3)7-6-8-13-4/h10,12H,6-9H2,1-5H3. The fourth-order valence-electron chi connectivity index (χ4n) is 1.50. The van der Waals surface area contributed by atoms with Crippen LogP contribution in [0.3, 0.4) is 0 Å². The van der Waals surface area contributed by atoms with E-state index in [1.165, 1.54) is 0 Å². The lowest BCUT2D eigenvalue weighted by molar-refractivity contribution is 0.00635. The van der Waals surface area contributed by atoms with Gasteiger partial charge in [0.1, 0.15) is 0 Å². The molecule has 0 saturated carbocycles. The smallest absolute Gasteiger partial charge is 0.0637 e. The first-order valence-electron chi connectivity index (χ1n) is 5.27. The van der Waals surface area contributed by atoms with Crippen LogP contribution >= 0.6 is 0 Å². The Hall–Kier alpha value is -0.120. The number of nitrogens with one attached hydrogen (secondary N) is 1. The molecule has 14 heavy (non-hydrogen) atoms. The molecule has 0 aromatic rings. The minimum Gasteiger partial charge on any atom is -0.385 e. The van der Waals surface area contributed by atoms with Crippen molar-refractivity contribution in [3.8, 4) is 0 Å². The third-order valence-corrected chi connectivity index (χ3v) is 2.60. The zero-order valence-corrected chi connectivity index (χ0v) is 10.2. The fraction of sp³-hybridized carbons (Fsp3) is 1.00. The molecule has 0 aromatic heterocycles. The van der Waals surface area contributed by atoms with Gasteiger partial charge in [0.25, 0.3) is 0 Å². The topological polar surface area (TPSA) is 30.5 Å². The first-order chi connectivity index (χ1) is 6.55. The van der Waals surface area contributed by atoms with Crippen molar-refractivity contribution in [3.05, 3.63) is 0 Å². The number of hydrogen-bond acceptors (Lipinski definition) is 3. The molecule has 0 spiro atoms. The van der Waals surface area contributed by atoms with Crippen LogP contribution in [-0.2, 0) is 9.47 Å². The maximum atomic E-state index is 5.41. The highest BCUT2D eigenvalue weighted by Gasteiger charge is 2.21. The second-order valence-electron chi connectivity index (χ2n) is 4.29. The van der Waals surface area contributed by atoms with Crippen LogP contribution in [0, 0.1) is 0 Å². The van der Waals surface area contributed by atoms with E-state index in [9.17, 15) is 0 Å². The molecule has 86 valence electrons. The van der Waals surface area contributed by atoms with Crippen LogP contribution in [0.5, 0.6) is 0 Å². The van der Waals surface area contributed by atoms with E-state index >= 15 is 0 Å². The quantitative estimate of drug-likeness (QED) is 0.610. The highest BCUT2D eigenvalue weighted by atomic mass is 16.5. The number of methoxy groups -OCH3 is 2. The summed E-state index contributed by atoms with van der Waals surface area (Å²) in [6.45, 7) is 5.08. The molecule has 0 fully saturated rings. The molecule has 0 bridgehead atoms. The van der Waals surface area contributed by atoms with Crippen molar-refractivity contribution < 1.29 is 9.47 Å². The van der Waals surface area contributed by atoms with Crippen molar-refractivity contribution in [2.45, 2.75) is 44.8 Å². The predicted octanol–water partition coefficient (Wildman–Crippen LogP) is 1.82. The van der Waals surface area contributed by atoms with Crippen LogP contribution in [-0.4, -0.2) is 39.5 Å². The van der Waals surface area contributed by atoms with Crippen LogP contribution < -0.4 is 5.32 Å². The molecule has 1 N–H and O–H groups in total. The molecular formula is C11H25NO2. The van der Waals surface area contributed by atoms with Crippen LogP contribution in [0.4, 0.5) is 0 Å². The van der Waals surface area contributed by atoms with E-state index in [4.69, 9.17) is 9.47 Å². The molecule has 0 aromatic carbocycles. The Kier molecular flexibility index (Phi) is 7.15. The maximum absolute atomic E-state index is 5.41. The summed E-state index contributed by atoms with van der Waals surface area (Å²) in [5, 5.41) is 3.32. The average Bonchev–Trinajstić information content (AvgIpc) is 2.16. The Bertz CT molecular complexity index is 137. The summed E-state index contributed by atoms with van der Waals surface area (Å²) in [4.78, 5) is 0. The van der Waals surface area contributed by atoms with Gasteiger partial charge in [-0.1, -0.05) is 0 Å². The minimum absolute atomic E-state index is 0.0409. The molecule has 0 aliphatic carbocycles. The Morgan fingerprint density at radius 2 is 1.93 bits per heavy atom. The van der Waals surface area contributed by atoms with E-state index in [2.05, 4.69) is 19.2 Å². The highest BCUT2D eigenvalue weighted by Crippen LogP contribution is 2.17. The summed E-state index contributed by atoms with van der Waals surface area (Å²) in [5.74, 6) is 0. The summed E-state index contributed by atoms with van der Waals surface area (Å²) in [7, 11) is 5.51. The number of ether oxygens (including phenoxy) is 2. The van der Waals surface area contributed by atoms with Gasteiger partial charge < -0.3 is 14.8 Å². The molecule has 0 rings (SSSR count). The van der Waals surface area contributed by atoms with E-state index < -0.39 is 0 Å². The first kappa shape index (κ1) is 13.9. The molecular weight excluding hydrogens is 178 g/mol. The maximum Gasteiger partial charge on any atom is 0.0637 e.